The average molecular weight is 380 g/mol. The Balaban J connectivity index is 1.49. The molecular formula is C23H29N3O2. The van der Waals surface area contributed by atoms with E-state index in [1.165, 1.54) is 5.56 Å². The maximum Gasteiger partial charge on any atom is 0.224 e. The summed E-state index contributed by atoms with van der Waals surface area (Å²) >= 11 is 0. The minimum absolute atomic E-state index is 0.0360. The highest BCUT2D eigenvalue weighted by molar-refractivity contribution is 5.92. The van der Waals surface area contributed by atoms with E-state index < -0.39 is 0 Å². The summed E-state index contributed by atoms with van der Waals surface area (Å²) in [6.45, 7) is 8.16. The zero-order chi connectivity index (χ0) is 19.9. The molecule has 2 aromatic carbocycles. The second kappa shape index (κ2) is 9.51. The predicted octanol–water partition coefficient (Wildman–Crippen LogP) is 3.08. The minimum Gasteiger partial charge on any atom is -0.340 e. The zero-order valence-electron chi connectivity index (χ0n) is 16.8. The van der Waals surface area contributed by atoms with Crippen LogP contribution in [-0.4, -0.2) is 54.3 Å². The molecule has 0 spiro atoms. The van der Waals surface area contributed by atoms with E-state index in [9.17, 15) is 9.59 Å². The summed E-state index contributed by atoms with van der Waals surface area (Å²) in [6, 6.07) is 18.3. The van der Waals surface area contributed by atoms with Gasteiger partial charge in [-0.25, -0.2) is 0 Å². The van der Waals surface area contributed by atoms with Crippen LogP contribution in [0.4, 0.5) is 5.69 Å². The Hall–Kier alpha value is -2.66. The van der Waals surface area contributed by atoms with Crippen LogP contribution in [0.25, 0.3) is 0 Å². The maximum atomic E-state index is 12.7. The highest BCUT2D eigenvalue weighted by Crippen LogP contribution is 2.17. The van der Waals surface area contributed by atoms with Crippen molar-refractivity contribution >= 4 is 17.5 Å². The molecule has 1 heterocycles. The first-order chi connectivity index (χ1) is 13.5. The topological polar surface area (TPSA) is 43.9 Å². The molecule has 2 aromatic rings. The Morgan fingerprint density at radius 3 is 2.32 bits per heavy atom. The van der Waals surface area contributed by atoms with Gasteiger partial charge >= 0.3 is 0 Å². The molecule has 0 bridgehead atoms. The second-order valence-electron chi connectivity index (χ2n) is 7.40. The lowest BCUT2D eigenvalue weighted by molar-refractivity contribution is -0.132. The summed E-state index contributed by atoms with van der Waals surface area (Å²) in [5.74, 6) is 0.0874. The van der Waals surface area contributed by atoms with Crippen LogP contribution in [0, 0.1) is 6.92 Å². The van der Waals surface area contributed by atoms with Crippen LogP contribution in [0.2, 0.25) is 0 Å². The van der Waals surface area contributed by atoms with Gasteiger partial charge in [-0.3, -0.25) is 14.5 Å². The SMILES string of the molecule is CC(=O)N(CCC(=O)N1CCN(Cc2ccccc2)CC1)c1cccc(C)c1. The molecule has 5 nitrogen and oxygen atoms in total. The Labute approximate surface area is 167 Å². The van der Waals surface area contributed by atoms with Crippen molar-refractivity contribution in [2.45, 2.75) is 26.8 Å². The first-order valence-corrected chi connectivity index (χ1v) is 9.92. The first kappa shape index (κ1) is 20.1. The molecule has 1 aliphatic heterocycles. The van der Waals surface area contributed by atoms with Crippen LogP contribution in [0.15, 0.2) is 54.6 Å². The van der Waals surface area contributed by atoms with E-state index >= 15 is 0 Å². The van der Waals surface area contributed by atoms with Crippen LogP contribution in [0.3, 0.4) is 0 Å². The number of carbonyl (C=O) groups is 2. The number of benzene rings is 2. The number of rotatable bonds is 6. The first-order valence-electron chi connectivity index (χ1n) is 9.92. The number of hydrogen-bond acceptors (Lipinski definition) is 3. The molecular weight excluding hydrogens is 350 g/mol. The van der Waals surface area contributed by atoms with Gasteiger partial charge in [-0.05, 0) is 30.2 Å². The van der Waals surface area contributed by atoms with Crippen molar-refractivity contribution in [2.75, 3.05) is 37.6 Å². The van der Waals surface area contributed by atoms with E-state index in [0.29, 0.717) is 13.0 Å². The van der Waals surface area contributed by atoms with Crippen molar-refractivity contribution in [3.8, 4) is 0 Å². The number of amides is 2. The Morgan fingerprint density at radius 2 is 1.68 bits per heavy atom. The molecule has 0 atom stereocenters. The Kier molecular flexibility index (Phi) is 6.82. The molecule has 0 radical (unpaired) electrons. The van der Waals surface area contributed by atoms with E-state index in [1.807, 2.05) is 42.2 Å². The summed E-state index contributed by atoms with van der Waals surface area (Å²) in [5.41, 5.74) is 3.26. The normalized spacial score (nSPS) is 14.7. The number of aryl methyl sites for hydroxylation is 1. The van der Waals surface area contributed by atoms with E-state index in [4.69, 9.17) is 0 Å². The smallest absolute Gasteiger partial charge is 0.224 e. The second-order valence-corrected chi connectivity index (χ2v) is 7.40. The number of piperazine rings is 1. The van der Waals surface area contributed by atoms with Crippen LogP contribution in [0.1, 0.15) is 24.5 Å². The van der Waals surface area contributed by atoms with Crippen molar-refractivity contribution in [3.05, 3.63) is 65.7 Å². The molecule has 3 rings (SSSR count). The van der Waals surface area contributed by atoms with Gasteiger partial charge in [0, 0.05) is 58.3 Å². The molecule has 148 valence electrons. The molecule has 28 heavy (non-hydrogen) atoms. The Bertz CT molecular complexity index is 799. The summed E-state index contributed by atoms with van der Waals surface area (Å²) in [7, 11) is 0. The van der Waals surface area contributed by atoms with E-state index in [0.717, 1.165) is 44.0 Å². The van der Waals surface area contributed by atoms with Gasteiger partial charge in [0.25, 0.3) is 0 Å². The van der Waals surface area contributed by atoms with Gasteiger partial charge in [0.15, 0.2) is 0 Å². The van der Waals surface area contributed by atoms with Crippen LogP contribution >= 0.6 is 0 Å². The molecule has 5 heteroatoms. The minimum atomic E-state index is -0.0360. The molecule has 1 saturated heterocycles. The fourth-order valence-electron chi connectivity index (χ4n) is 3.63. The molecule has 1 fully saturated rings. The predicted molar refractivity (Wildman–Crippen MR) is 112 cm³/mol. The van der Waals surface area contributed by atoms with Crippen LogP contribution in [-0.2, 0) is 16.1 Å². The van der Waals surface area contributed by atoms with E-state index in [1.54, 1.807) is 11.8 Å². The summed E-state index contributed by atoms with van der Waals surface area (Å²) in [5, 5.41) is 0. The largest absolute Gasteiger partial charge is 0.340 e. The lowest BCUT2D eigenvalue weighted by atomic mass is 10.2. The average Bonchev–Trinajstić information content (AvgIpc) is 2.69. The highest BCUT2D eigenvalue weighted by atomic mass is 16.2. The monoisotopic (exact) mass is 379 g/mol. The molecule has 0 saturated carbocycles. The number of anilines is 1. The fraction of sp³-hybridized carbons (Fsp3) is 0.391. The fourth-order valence-corrected chi connectivity index (χ4v) is 3.63. The number of carbonyl (C=O) groups excluding carboxylic acids is 2. The lowest BCUT2D eigenvalue weighted by Gasteiger charge is -2.35. The van der Waals surface area contributed by atoms with Gasteiger partial charge < -0.3 is 9.80 Å². The quantitative estimate of drug-likeness (QED) is 0.775. The summed E-state index contributed by atoms with van der Waals surface area (Å²) < 4.78 is 0. The highest BCUT2D eigenvalue weighted by Gasteiger charge is 2.22. The van der Waals surface area contributed by atoms with Gasteiger partial charge in [-0.15, -0.1) is 0 Å². The third-order valence-electron chi connectivity index (χ3n) is 5.22. The van der Waals surface area contributed by atoms with Crippen molar-refractivity contribution in [2.24, 2.45) is 0 Å². The zero-order valence-corrected chi connectivity index (χ0v) is 16.8. The molecule has 2 amide bonds. The van der Waals surface area contributed by atoms with Crippen molar-refractivity contribution in [3.63, 3.8) is 0 Å². The summed E-state index contributed by atoms with van der Waals surface area (Å²) in [4.78, 5) is 30.7. The molecule has 1 aliphatic rings. The molecule has 0 unspecified atom stereocenters. The van der Waals surface area contributed by atoms with Crippen LogP contribution < -0.4 is 4.90 Å². The maximum absolute atomic E-state index is 12.7. The third kappa shape index (κ3) is 5.42. The third-order valence-corrected chi connectivity index (χ3v) is 5.22. The molecule has 0 aliphatic carbocycles. The van der Waals surface area contributed by atoms with Crippen LogP contribution in [0.5, 0.6) is 0 Å². The lowest BCUT2D eigenvalue weighted by Crippen LogP contribution is -2.49. The van der Waals surface area contributed by atoms with Crippen molar-refractivity contribution < 1.29 is 9.59 Å². The standard InChI is InChI=1S/C23H29N3O2/c1-19-7-6-10-22(17-19)26(20(2)27)12-11-23(28)25-15-13-24(14-16-25)18-21-8-4-3-5-9-21/h3-10,17H,11-16,18H2,1-2H3. The van der Waals surface area contributed by atoms with Gasteiger partial charge in [-0.2, -0.15) is 0 Å². The number of nitrogens with zero attached hydrogens (tertiary/aromatic N) is 3. The van der Waals surface area contributed by atoms with Gasteiger partial charge in [0.05, 0.1) is 0 Å². The number of hydrogen-bond donors (Lipinski definition) is 0. The molecule has 0 aromatic heterocycles. The van der Waals surface area contributed by atoms with Gasteiger partial charge in [0.2, 0.25) is 11.8 Å². The van der Waals surface area contributed by atoms with Crippen molar-refractivity contribution in [1.29, 1.82) is 0 Å². The molecule has 0 N–H and O–H groups in total. The van der Waals surface area contributed by atoms with E-state index in [2.05, 4.69) is 29.2 Å². The van der Waals surface area contributed by atoms with Gasteiger partial charge in [0.1, 0.15) is 0 Å². The van der Waals surface area contributed by atoms with E-state index in [-0.39, 0.29) is 11.8 Å². The Morgan fingerprint density at radius 1 is 0.964 bits per heavy atom. The van der Waals surface area contributed by atoms with Gasteiger partial charge in [-0.1, -0.05) is 42.5 Å². The summed E-state index contributed by atoms with van der Waals surface area (Å²) in [6.07, 6.45) is 0.353. The van der Waals surface area contributed by atoms with Crippen molar-refractivity contribution in [1.82, 2.24) is 9.80 Å².